The van der Waals surface area contributed by atoms with Crippen LogP contribution in [0.4, 0.5) is 0 Å². The zero-order valence-corrected chi connectivity index (χ0v) is 20.2. The SMILES string of the molecule is O=S(c1ccc(-c2cccc3cccnc23)c2nonc12)N1CCC(O)(c2ccc(Cl)cc2)CC1. The fourth-order valence-electron chi connectivity index (χ4n) is 4.73. The first-order valence-corrected chi connectivity index (χ1v) is 12.8. The molecule has 1 fully saturated rings. The maximum atomic E-state index is 13.6. The van der Waals surface area contributed by atoms with Gasteiger partial charge >= 0.3 is 0 Å². The molecule has 2 aromatic heterocycles. The van der Waals surface area contributed by atoms with E-state index >= 15 is 0 Å². The zero-order chi connectivity index (χ0) is 24.0. The molecule has 0 saturated carbocycles. The number of hydrogen-bond donors (Lipinski definition) is 1. The largest absolute Gasteiger partial charge is 0.385 e. The van der Waals surface area contributed by atoms with Gasteiger partial charge in [0, 0.05) is 40.8 Å². The Labute approximate surface area is 208 Å². The van der Waals surface area contributed by atoms with E-state index in [1.54, 1.807) is 18.3 Å². The van der Waals surface area contributed by atoms with Gasteiger partial charge in [0.2, 0.25) is 0 Å². The van der Waals surface area contributed by atoms with Gasteiger partial charge in [-0.2, -0.15) is 0 Å². The normalized spacial score (nSPS) is 17.1. The van der Waals surface area contributed by atoms with E-state index < -0.39 is 16.6 Å². The van der Waals surface area contributed by atoms with Gasteiger partial charge in [-0.15, -0.1) is 0 Å². The zero-order valence-electron chi connectivity index (χ0n) is 18.6. The summed E-state index contributed by atoms with van der Waals surface area (Å²) in [7, 11) is -1.48. The molecule has 1 N–H and O–H groups in total. The Morgan fingerprint density at radius 2 is 1.60 bits per heavy atom. The molecule has 0 radical (unpaired) electrons. The molecule has 35 heavy (non-hydrogen) atoms. The van der Waals surface area contributed by atoms with Crippen molar-refractivity contribution in [1.29, 1.82) is 0 Å². The second-order valence-corrected chi connectivity index (χ2v) is 10.6. The first kappa shape index (κ1) is 22.3. The number of aromatic nitrogens is 3. The van der Waals surface area contributed by atoms with Crippen molar-refractivity contribution in [3.8, 4) is 11.1 Å². The predicted molar refractivity (Wildman–Crippen MR) is 135 cm³/mol. The van der Waals surface area contributed by atoms with Gasteiger partial charge < -0.3 is 5.11 Å². The minimum atomic E-state index is -1.48. The van der Waals surface area contributed by atoms with Crippen molar-refractivity contribution in [2.75, 3.05) is 13.1 Å². The summed E-state index contributed by atoms with van der Waals surface area (Å²) in [6.07, 6.45) is 2.68. The van der Waals surface area contributed by atoms with E-state index in [2.05, 4.69) is 15.3 Å². The Hall–Kier alpha value is -3.17. The smallest absolute Gasteiger partial charge is 0.153 e. The van der Waals surface area contributed by atoms with Gasteiger partial charge in [0.05, 0.1) is 16.0 Å². The van der Waals surface area contributed by atoms with Crippen molar-refractivity contribution < 1.29 is 13.9 Å². The Balaban J connectivity index is 1.30. The van der Waals surface area contributed by atoms with Crippen LogP contribution < -0.4 is 0 Å². The highest BCUT2D eigenvalue weighted by atomic mass is 35.5. The van der Waals surface area contributed by atoms with Crippen molar-refractivity contribution in [1.82, 2.24) is 19.6 Å². The van der Waals surface area contributed by atoms with E-state index in [0.29, 0.717) is 46.9 Å². The monoisotopic (exact) mass is 504 g/mol. The molecule has 0 bridgehead atoms. The van der Waals surface area contributed by atoms with Crippen LogP contribution in [0.25, 0.3) is 33.1 Å². The molecular weight excluding hydrogens is 484 g/mol. The molecule has 5 aromatic rings. The van der Waals surface area contributed by atoms with Crippen molar-refractivity contribution in [3.63, 3.8) is 0 Å². The molecule has 1 aliphatic rings. The lowest BCUT2D eigenvalue weighted by atomic mass is 9.85. The summed E-state index contributed by atoms with van der Waals surface area (Å²) < 4.78 is 20.5. The van der Waals surface area contributed by atoms with Crippen LogP contribution in [0.2, 0.25) is 5.02 Å². The maximum absolute atomic E-state index is 13.6. The third-order valence-electron chi connectivity index (χ3n) is 6.66. The molecule has 3 aromatic carbocycles. The molecule has 0 amide bonds. The van der Waals surface area contributed by atoms with Crippen LogP contribution in [0.3, 0.4) is 0 Å². The van der Waals surface area contributed by atoms with E-state index in [0.717, 1.165) is 27.6 Å². The Morgan fingerprint density at radius 3 is 2.40 bits per heavy atom. The van der Waals surface area contributed by atoms with Crippen LogP contribution in [-0.2, 0) is 16.6 Å². The summed E-state index contributed by atoms with van der Waals surface area (Å²) in [5, 5.41) is 21.1. The summed E-state index contributed by atoms with van der Waals surface area (Å²) in [5.74, 6) is 0. The lowest BCUT2D eigenvalue weighted by Gasteiger charge is -2.37. The Kier molecular flexibility index (Phi) is 5.61. The fraction of sp³-hybridized carbons (Fsp3) is 0.192. The quantitative estimate of drug-likeness (QED) is 0.366. The van der Waals surface area contributed by atoms with Crippen LogP contribution in [0, 0.1) is 0 Å². The summed E-state index contributed by atoms with van der Waals surface area (Å²) in [5.41, 5.74) is 3.45. The number of rotatable bonds is 4. The lowest BCUT2D eigenvalue weighted by Crippen LogP contribution is -2.43. The number of aliphatic hydroxyl groups is 1. The topological polar surface area (TPSA) is 92.3 Å². The van der Waals surface area contributed by atoms with Crippen LogP contribution in [-0.4, -0.2) is 42.0 Å². The minimum absolute atomic E-state index is 0.459. The predicted octanol–water partition coefficient (Wildman–Crippen LogP) is 5.10. The van der Waals surface area contributed by atoms with Crippen molar-refractivity contribution >= 4 is 44.5 Å². The summed E-state index contributed by atoms with van der Waals surface area (Å²) in [6.45, 7) is 0.932. The van der Waals surface area contributed by atoms with E-state index in [1.807, 2.05) is 58.9 Å². The van der Waals surface area contributed by atoms with Crippen LogP contribution >= 0.6 is 11.6 Å². The highest BCUT2D eigenvalue weighted by Gasteiger charge is 2.36. The van der Waals surface area contributed by atoms with E-state index in [1.165, 1.54) is 0 Å². The molecule has 9 heteroatoms. The average Bonchev–Trinajstić information content (AvgIpc) is 3.38. The van der Waals surface area contributed by atoms with E-state index in [9.17, 15) is 9.32 Å². The molecule has 3 heterocycles. The third kappa shape index (κ3) is 3.92. The van der Waals surface area contributed by atoms with Gasteiger partial charge in [0.15, 0.2) is 5.52 Å². The second kappa shape index (κ2) is 8.80. The number of nitrogens with zero attached hydrogens (tertiary/aromatic N) is 4. The summed E-state index contributed by atoms with van der Waals surface area (Å²) in [4.78, 5) is 5.08. The molecule has 176 valence electrons. The molecule has 0 spiro atoms. The van der Waals surface area contributed by atoms with Gasteiger partial charge in [0.1, 0.15) is 16.5 Å². The molecule has 1 unspecified atom stereocenters. The number of piperidine rings is 1. The Bertz CT molecular complexity index is 1560. The number of benzene rings is 3. The highest BCUT2D eigenvalue weighted by molar-refractivity contribution is 7.83. The third-order valence-corrected chi connectivity index (χ3v) is 8.45. The molecule has 1 aliphatic heterocycles. The van der Waals surface area contributed by atoms with Crippen LogP contribution in [0.5, 0.6) is 0 Å². The minimum Gasteiger partial charge on any atom is -0.385 e. The van der Waals surface area contributed by atoms with Crippen molar-refractivity contribution in [2.24, 2.45) is 0 Å². The molecular formula is C26H21ClN4O3S. The van der Waals surface area contributed by atoms with Gasteiger partial charge in [-0.05, 0) is 53.0 Å². The van der Waals surface area contributed by atoms with Crippen molar-refractivity contribution in [3.05, 3.63) is 83.5 Å². The highest BCUT2D eigenvalue weighted by Crippen LogP contribution is 2.37. The number of hydrogen-bond acceptors (Lipinski definition) is 6. The van der Waals surface area contributed by atoms with Crippen LogP contribution in [0.15, 0.2) is 82.5 Å². The van der Waals surface area contributed by atoms with Gasteiger partial charge in [-0.3, -0.25) is 4.98 Å². The standard InChI is InChI=1S/C26H21ClN4O3S/c27-19-8-6-18(7-9-19)26(32)12-15-31(16-13-26)35(33)22-11-10-21(24-25(22)30-34-29-24)20-5-1-3-17-4-2-14-28-23(17)20/h1-11,14,32H,12-13,15-16H2. The number of para-hydroxylation sites is 1. The number of fused-ring (bicyclic) bond motifs is 2. The summed E-state index contributed by atoms with van der Waals surface area (Å²) >= 11 is 5.99. The number of pyridine rings is 1. The second-order valence-electron chi connectivity index (χ2n) is 8.67. The molecule has 1 atom stereocenters. The molecule has 0 aliphatic carbocycles. The first-order chi connectivity index (χ1) is 17.0. The Morgan fingerprint density at radius 1 is 0.886 bits per heavy atom. The van der Waals surface area contributed by atoms with Gasteiger partial charge in [-0.1, -0.05) is 54.1 Å². The molecule has 7 nitrogen and oxygen atoms in total. The first-order valence-electron chi connectivity index (χ1n) is 11.3. The van der Waals surface area contributed by atoms with E-state index in [-0.39, 0.29) is 0 Å². The van der Waals surface area contributed by atoms with Gasteiger partial charge in [0.25, 0.3) is 0 Å². The van der Waals surface area contributed by atoms with E-state index in [4.69, 9.17) is 16.2 Å². The lowest BCUT2D eigenvalue weighted by molar-refractivity contribution is -0.00883. The summed E-state index contributed by atoms with van der Waals surface area (Å²) in [6, 6.07) is 20.8. The molecule has 6 rings (SSSR count). The number of halogens is 1. The fourth-order valence-corrected chi connectivity index (χ4v) is 6.14. The van der Waals surface area contributed by atoms with Gasteiger partial charge in [-0.25, -0.2) is 13.1 Å². The maximum Gasteiger partial charge on any atom is 0.153 e. The van der Waals surface area contributed by atoms with Crippen LogP contribution in [0.1, 0.15) is 18.4 Å². The van der Waals surface area contributed by atoms with Crippen molar-refractivity contribution in [2.45, 2.75) is 23.3 Å². The molecule has 1 saturated heterocycles. The average molecular weight is 505 g/mol.